The molecule has 160 valence electrons. The molecular weight excluding hydrogens is 470 g/mol. The first-order valence-electron chi connectivity index (χ1n) is 9.24. The molecule has 1 saturated carbocycles. The fourth-order valence-electron chi connectivity index (χ4n) is 3.94. The number of anilines is 1. The maximum absolute atomic E-state index is 14.1. The van der Waals surface area contributed by atoms with Crippen LogP contribution in [0.4, 0.5) is 23.2 Å². The molecule has 2 aromatic rings. The van der Waals surface area contributed by atoms with Gasteiger partial charge in [0.1, 0.15) is 5.82 Å². The molecule has 0 bridgehead atoms. The number of carboxylic acids is 1. The third-order valence-electron chi connectivity index (χ3n) is 5.37. The molecule has 0 aliphatic heterocycles. The van der Waals surface area contributed by atoms with Crippen molar-refractivity contribution in [3.63, 3.8) is 0 Å². The Morgan fingerprint density at radius 1 is 1.07 bits per heavy atom. The molecule has 0 spiro atoms. The van der Waals surface area contributed by atoms with Crippen LogP contribution in [0.5, 0.6) is 0 Å². The number of amides is 1. The van der Waals surface area contributed by atoms with Gasteiger partial charge in [0.15, 0.2) is 0 Å². The summed E-state index contributed by atoms with van der Waals surface area (Å²) in [4.78, 5) is 24.8. The highest BCUT2D eigenvalue weighted by atomic mass is 79.9. The molecule has 1 unspecified atom stereocenters. The summed E-state index contributed by atoms with van der Waals surface area (Å²) in [7, 11) is 0. The van der Waals surface area contributed by atoms with Crippen LogP contribution in [0.15, 0.2) is 46.9 Å². The second-order valence-electron chi connectivity index (χ2n) is 7.24. The zero-order chi connectivity index (χ0) is 22.1. The van der Waals surface area contributed by atoms with E-state index < -0.39 is 52.9 Å². The molecule has 4 nitrogen and oxygen atoms in total. The fourth-order valence-corrected chi connectivity index (χ4v) is 4.20. The van der Waals surface area contributed by atoms with Gasteiger partial charge >= 0.3 is 12.1 Å². The van der Waals surface area contributed by atoms with Gasteiger partial charge in [0, 0.05) is 4.47 Å². The van der Waals surface area contributed by atoms with E-state index in [9.17, 15) is 32.3 Å². The van der Waals surface area contributed by atoms with Gasteiger partial charge in [0.2, 0.25) is 5.91 Å². The maximum Gasteiger partial charge on any atom is 0.416 e. The third kappa shape index (κ3) is 4.83. The van der Waals surface area contributed by atoms with Gasteiger partial charge in [-0.15, -0.1) is 0 Å². The Balaban J connectivity index is 1.83. The molecule has 1 aliphatic rings. The summed E-state index contributed by atoms with van der Waals surface area (Å²) >= 11 is 3.32. The molecule has 0 saturated heterocycles. The van der Waals surface area contributed by atoms with E-state index in [2.05, 4.69) is 21.2 Å². The molecule has 0 radical (unpaired) electrons. The summed E-state index contributed by atoms with van der Waals surface area (Å²) in [6.45, 7) is 0. The van der Waals surface area contributed by atoms with E-state index in [4.69, 9.17) is 0 Å². The fraction of sp³-hybridized carbons (Fsp3) is 0.333. The van der Waals surface area contributed by atoms with Gasteiger partial charge in [0.25, 0.3) is 0 Å². The predicted octanol–water partition coefficient (Wildman–Crippen LogP) is 5.83. The van der Waals surface area contributed by atoms with Gasteiger partial charge < -0.3 is 10.4 Å². The molecule has 3 atom stereocenters. The number of aliphatic carboxylic acids is 1. The Labute approximate surface area is 178 Å². The van der Waals surface area contributed by atoms with Crippen molar-refractivity contribution in [3.05, 3.63) is 63.9 Å². The van der Waals surface area contributed by atoms with Crippen molar-refractivity contribution in [1.82, 2.24) is 0 Å². The summed E-state index contributed by atoms with van der Waals surface area (Å²) in [6.07, 6.45) is -3.24. The molecule has 1 amide bonds. The summed E-state index contributed by atoms with van der Waals surface area (Å²) in [5, 5.41) is 12.1. The summed E-state index contributed by atoms with van der Waals surface area (Å²) in [5.74, 6) is -5.47. The first-order chi connectivity index (χ1) is 14.1. The van der Waals surface area contributed by atoms with Crippen LogP contribution in [-0.2, 0) is 15.8 Å². The number of hydrogen-bond donors (Lipinski definition) is 2. The zero-order valence-corrected chi connectivity index (χ0v) is 17.1. The number of hydrogen-bond acceptors (Lipinski definition) is 2. The Bertz CT molecular complexity index is 946. The molecule has 0 aromatic heterocycles. The highest BCUT2D eigenvalue weighted by Crippen LogP contribution is 2.42. The number of nitrogens with one attached hydrogen (secondary N) is 1. The van der Waals surface area contributed by atoms with E-state index in [0.717, 1.165) is 16.1 Å². The average molecular weight is 488 g/mol. The van der Waals surface area contributed by atoms with Gasteiger partial charge in [-0.25, -0.2) is 4.39 Å². The molecule has 2 aromatic carbocycles. The van der Waals surface area contributed by atoms with Gasteiger partial charge in [-0.05, 0) is 54.7 Å². The Morgan fingerprint density at radius 3 is 2.30 bits per heavy atom. The van der Waals surface area contributed by atoms with Crippen LogP contribution in [0.25, 0.3) is 0 Å². The highest BCUT2D eigenvalue weighted by Gasteiger charge is 2.43. The maximum atomic E-state index is 14.1. The van der Waals surface area contributed by atoms with E-state index in [1.807, 2.05) is 0 Å². The van der Waals surface area contributed by atoms with Crippen LogP contribution in [0.2, 0.25) is 0 Å². The first kappa shape index (κ1) is 22.3. The quantitative estimate of drug-likeness (QED) is 0.533. The number of carboxylic acid groups (broad SMARTS) is 1. The molecule has 3 rings (SSSR count). The zero-order valence-electron chi connectivity index (χ0n) is 15.5. The Kier molecular flexibility index (Phi) is 6.50. The molecule has 2 N–H and O–H groups in total. The van der Waals surface area contributed by atoms with Crippen molar-refractivity contribution >= 4 is 33.5 Å². The van der Waals surface area contributed by atoms with E-state index in [1.165, 1.54) is 0 Å². The summed E-state index contributed by atoms with van der Waals surface area (Å²) < 4.78 is 53.0. The lowest BCUT2D eigenvalue weighted by atomic mass is 9.69. The van der Waals surface area contributed by atoms with Crippen LogP contribution in [0, 0.1) is 17.7 Å². The third-order valence-corrected chi connectivity index (χ3v) is 5.90. The minimum absolute atomic E-state index is 0.290. The number of rotatable bonds is 4. The van der Waals surface area contributed by atoms with E-state index in [0.29, 0.717) is 25.0 Å². The van der Waals surface area contributed by atoms with Crippen molar-refractivity contribution in [1.29, 1.82) is 0 Å². The van der Waals surface area contributed by atoms with Crippen LogP contribution in [-0.4, -0.2) is 17.0 Å². The molecule has 1 fully saturated rings. The van der Waals surface area contributed by atoms with Crippen molar-refractivity contribution in [2.75, 3.05) is 5.32 Å². The number of halogens is 5. The van der Waals surface area contributed by atoms with Crippen LogP contribution in [0.1, 0.15) is 36.3 Å². The van der Waals surface area contributed by atoms with Gasteiger partial charge in [-0.3, -0.25) is 9.59 Å². The minimum atomic E-state index is -4.71. The van der Waals surface area contributed by atoms with Crippen LogP contribution in [0.3, 0.4) is 0 Å². The number of alkyl halides is 3. The average Bonchev–Trinajstić information content (AvgIpc) is 2.68. The Hall–Kier alpha value is -2.42. The smallest absolute Gasteiger partial charge is 0.416 e. The minimum Gasteiger partial charge on any atom is -0.481 e. The number of benzene rings is 2. The normalized spacial score (nSPS) is 21.8. The monoisotopic (exact) mass is 487 g/mol. The van der Waals surface area contributed by atoms with Crippen molar-refractivity contribution in [3.8, 4) is 0 Å². The van der Waals surface area contributed by atoms with E-state index in [1.54, 1.807) is 24.3 Å². The van der Waals surface area contributed by atoms with Crippen molar-refractivity contribution in [2.45, 2.75) is 31.4 Å². The van der Waals surface area contributed by atoms with Crippen LogP contribution >= 0.6 is 15.9 Å². The highest BCUT2D eigenvalue weighted by molar-refractivity contribution is 9.10. The van der Waals surface area contributed by atoms with Gasteiger partial charge in [0.05, 0.1) is 23.1 Å². The van der Waals surface area contributed by atoms with Gasteiger partial charge in [-0.2, -0.15) is 13.2 Å². The predicted molar refractivity (Wildman–Crippen MR) is 105 cm³/mol. The number of carbonyl (C=O) groups excluding carboxylic acids is 1. The largest absolute Gasteiger partial charge is 0.481 e. The Morgan fingerprint density at radius 2 is 1.73 bits per heavy atom. The van der Waals surface area contributed by atoms with E-state index >= 15 is 0 Å². The second kappa shape index (κ2) is 8.75. The van der Waals surface area contributed by atoms with E-state index in [-0.39, 0.29) is 6.42 Å². The molecule has 1 aliphatic carbocycles. The first-order valence-corrected chi connectivity index (χ1v) is 10.0. The molecule has 0 heterocycles. The second-order valence-corrected chi connectivity index (χ2v) is 8.16. The standard InChI is InChI=1S/C21H18BrF4NO3/c22-13-7-4-11(5-8-13)14-2-1-3-15(18(14)20(29)30)19(28)27-17-9-6-12(10-16(17)23)21(24,25)26/h4-10,14-15,18H,1-3H2,(H,27,28)(H,29,30)/t14-,15-,18?/m1/s1. The number of carbonyl (C=O) groups is 2. The molecular formula is C21H18BrF4NO3. The van der Waals surface area contributed by atoms with Crippen molar-refractivity contribution < 1.29 is 32.3 Å². The molecule has 9 heteroatoms. The van der Waals surface area contributed by atoms with Crippen molar-refractivity contribution in [2.24, 2.45) is 11.8 Å². The lowest BCUT2D eigenvalue weighted by Crippen LogP contribution is -2.40. The summed E-state index contributed by atoms with van der Waals surface area (Å²) in [5.41, 5.74) is -0.805. The lowest BCUT2D eigenvalue weighted by Gasteiger charge is -2.35. The lowest BCUT2D eigenvalue weighted by molar-refractivity contribution is -0.148. The topological polar surface area (TPSA) is 66.4 Å². The molecule has 30 heavy (non-hydrogen) atoms. The van der Waals surface area contributed by atoms with Gasteiger partial charge in [-0.1, -0.05) is 34.5 Å². The summed E-state index contributed by atoms with van der Waals surface area (Å²) in [6, 6.07) is 8.96. The SMILES string of the molecule is O=C(O)C1[C@@H](c2ccc(Br)cc2)CCC[C@H]1C(=O)Nc1ccc(C(F)(F)F)cc1F. The van der Waals surface area contributed by atoms with Crippen LogP contribution < -0.4 is 5.32 Å².